The first kappa shape index (κ1) is 22.9. The number of fused-ring (bicyclic) bond motifs is 1. The molecular formula is C22H28N2O6S. The molecule has 1 amide bonds. The molecule has 0 atom stereocenters. The third-order valence-corrected chi connectivity index (χ3v) is 6.75. The van der Waals surface area contributed by atoms with Gasteiger partial charge in [0, 0.05) is 26.1 Å². The predicted molar refractivity (Wildman–Crippen MR) is 116 cm³/mol. The first-order chi connectivity index (χ1) is 14.8. The number of hydrogen-bond acceptors (Lipinski definition) is 6. The summed E-state index contributed by atoms with van der Waals surface area (Å²) in [5.41, 5.74) is 2.08. The van der Waals surface area contributed by atoms with Gasteiger partial charge in [0.15, 0.2) is 11.5 Å². The largest absolute Gasteiger partial charge is 0.496 e. The van der Waals surface area contributed by atoms with Crippen molar-refractivity contribution >= 4 is 15.9 Å². The van der Waals surface area contributed by atoms with Crippen molar-refractivity contribution in [2.75, 3.05) is 40.5 Å². The first-order valence-corrected chi connectivity index (χ1v) is 11.5. The highest BCUT2D eigenvalue weighted by Gasteiger charge is 2.25. The highest BCUT2D eigenvalue weighted by atomic mass is 32.2. The predicted octanol–water partition coefficient (Wildman–Crippen LogP) is 2.14. The Balaban J connectivity index is 1.59. The maximum Gasteiger partial charge on any atom is 0.243 e. The van der Waals surface area contributed by atoms with E-state index in [1.54, 1.807) is 13.2 Å². The number of likely N-dealkylation sites (N-methyl/N-ethyl adjacent to an activating group) is 1. The Hall–Kier alpha value is -2.78. The molecule has 3 rings (SSSR count). The summed E-state index contributed by atoms with van der Waals surface area (Å²) < 4.78 is 43.3. The van der Waals surface area contributed by atoms with E-state index in [4.69, 9.17) is 14.2 Å². The minimum Gasteiger partial charge on any atom is -0.496 e. The van der Waals surface area contributed by atoms with Gasteiger partial charge in [-0.25, -0.2) is 8.42 Å². The molecule has 1 aliphatic rings. The summed E-state index contributed by atoms with van der Waals surface area (Å²) in [5, 5.41) is 2.77. The van der Waals surface area contributed by atoms with Crippen LogP contribution in [0.4, 0.5) is 0 Å². The van der Waals surface area contributed by atoms with E-state index in [9.17, 15) is 13.2 Å². The molecule has 1 heterocycles. The van der Waals surface area contributed by atoms with Crippen LogP contribution in [0.1, 0.15) is 17.5 Å². The molecule has 0 saturated heterocycles. The molecule has 0 saturated carbocycles. The SMILES string of the molecule is COc1ccc(C)cc1CCNC(=O)CN(C)S(=O)(=O)c1ccc2c(c1)OCCCO2. The highest BCUT2D eigenvalue weighted by Crippen LogP contribution is 2.32. The van der Waals surface area contributed by atoms with E-state index in [2.05, 4.69) is 5.32 Å². The number of sulfonamides is 1. The molecule has 0 aliphatic carbocycles. The van der Waals surface area contributed by atoms with Crippen molar-refractivity contribution in [2.24, 2.45) is 0 Å². The summed E-state index contributed by atoms with van der Waals surface area (Å²) in [6, 6.07) is 10.3. The van der Waals surface area contributed by atoms with Crippen LogP contribution in [0.5, 0.6) is 17.2 Å². The van der Waals surface area contributed by atoms with Gasteiger partial charge in [-0.1, -0.05) is 17.7 Å². The van der Waals surface area contributed by atoms with Crippen LogP contribution >= 0.6 is 0 Å². The lowest BCUT2D eigenvalue weighted by Gasteiger charge is -2.18. The van der Waals surface area contributed by atoms with E-state index in [1.165, 1.54) is 19.2 Å². The molecule has 9 heteroatoms. The number of nitrogens with zero attached hydrogens (tertiary/aromatic N) is 1. The quantitative estimate of drug-likeness (QED) is 0.665. The van der Waals surface area contributed by atoms with E-state index in [0.29, 0.717) is 37.7 Å². The van der Waals surface area contributed by atoms with Crippen LogP contribution in [-0.4, -0.2) is 59.1 Å². The normalized spacial score (nSPS) is 13.5. The van der Waals surface area contributed by atoms with E-state index in [-0.39, 0.29) is 17.3 Å². The smallest absolute Gasteiger partial charge is 0.243 e. The average molecular weight is 449 g/mol. The van der Waals surface area contributed by atoms with Gasteiger partial charge >= 0.3 is 0 Å². The lowest BCUT2D eigenvalue weighted by atomic mass is 10.1. The number of aryl methyl sites for hydroxylation is 1. The number of ether oxygens (including phenoxy) is 3. The molecule has 0 fully saturated rings. The van der Waals surface area contributed by atoms with Crippen molar-refractivity contribution in [3.63, 3.8) is 0 Å². The zero-order valence-electron chi connectivity index (χ0n) is 18.0. The second-order valence-corrected chi connectivity index (χ2v) is 9.38. The fourth-order valence-electron chi connectivity index (χ4n) is 3.27. The highest BCUT2D eigenvalue weighted by molar-refractivity contribution is 7.89. The Kier molecular flexibility index (Phi) is 7.40. The molecule has 0 spiro atoms. The van der Waals surface area contributed by atoms with Crippen LogP contribution in [0.15, 0.2) is 41.3 Å². The number of carbonyl (C=O) groups excluding carboxylic acids is 1. The van der Waals surface area contributed by atoms with Gasteiger partial charge in [-0.2, -0.15) is 4.31 Å². The van der Waals surface area contributed by atoms with Crippen molar-refractivity contribution in [1.29, 1.82) is 0 Å². The van der Waals surface area contributed by atoms with Crippen LogP contribution in [0.25, 0.3) is 0 Å². The summed E-state index contributed by atoms with van der Waals surface area (Å²) in [4.78, 5) is 12.4. The second kappa shape index (κ2) is 10.0. The molecular weight excluding hydrogens is 420 g/mol. The summed E-state index contributed by atoms with van der Waals surface area (Å²) >= 11 is 0. The zero-order valence-corrected chi connectivity index (χ0v) is 18.8. The van der Waals surface area contributed by atoms with Gasteiger partial charge < -0.3 is 19.5 Å². The molecule has 8 nitrogen and oxygen atoms in total. The van der Waals surface area contributed by atoms with Crippen LogP contribution in [0, 0.1) is 6.92 Å². The molecule has 168 valence electrons. The minimum atomic E-state index is -3.86. The van der Waals surface area contributed by atoms with Crippen LogP contribution in [0.3, 0.4) is 0 Å². The van der Waals surface area contributed by atoms with Gasteiger partial charge in [0.2, 0.25) is 15.9 Å². The van der Waals surface area contributed by atoms with Crippen molar-refractivity contribution in [1.82, 2.24) is 9.62 Å². The second-order valence-electron chi connectivity index (χ2n) is 7.34. The van der Waals surface area contributed by atoms with Gasteiger partial charge in [0.25, 0.3) is 0 Å². The summed E-state index contributed by atoms with van der Waals surface area (Å²) in [7, 11) is -0.876. The number of methoxy groups -OCH3 is 1. The molecule has 31 heavy (non-hydrogen) atoms. The lowest BCUT2D eigenvalue weighted by Crippen LogP contribution is -2.39. The third-order valence-electron chi connectivity index (χ3n) is 4.95. The lowest BCUT2D eigenvalue weighted by molar-refractivity contribution is -0.121. The van der Waals surface area contributed by atoms with Gasteiger partial charge in [0.05, 0.1) is 31.8 Å². The van der Waals surface area contributed by atoms with Gasteiger partial charge in [-0.15, -0.1) is 0 Å². The van der Waals surface area contributed by atoms with Crippen LogP contribution < -0.4 is 19.5 Å². The van der Waals surface area contributed by atoms with Gasteiger partial charge in [0.1, 0.15) is 5.75 Å². The molecule has 1 aliphatic heterocycles. The number of rotatable bonds is 8. The standard InChI is InChI=1S/C22H28N2O6S/c1-16-5-7-19(28-3)17(13-16)9-10-23-22(25)15-24(2)31(26,27)18-6-8-20-21(14-18)30-12-4-11-29-20/h5-8,13-14H,4,9-12,15H2,1-3H3,(H,23,25). The van der Waals surface area contributed by atoms with Crippen molar-refractivity contribution in [3.05, 3.63) is 47.5 Å². The van der Waals surface area contributed by atoms with Crippen molar-refractivity contribution in [3.8, 4) is 17.2 Å². The number of hydrogen-bond donors (Lipinski definition) is 1. The Bertz CT molecular complexity index is 1040. The molecule has 2 aromatic carbocycles. The molecule has 0 unspecified atom stereocenters. The summed E-state index contributed by atoms with van der Waals surface area (Å²) in [6.45, 7) is 3.05. The maximum atomic E-state index is 12.9. The van der Waals surface area contributed by atoms with E-state index >= 15 is 0 Å². The van der Waals surface area contributed by atoms with Crippen LogP contribution in [-0.2, 0) is 21.2 Å². The van der Waals surface area contributed by atoms with Gasteiger partial charge in [-0.3, -0.25) is 4.79 Å². The third kappa shape index (κ3) is 5.68. The molecule has 2 aromatic rings. The Morgan fingerprint density at radius 3 is 2.61 bits per heavy atom. The molecule has 1 N–H and O–H groups in total. The monoisotopic (exact) mass is 448 g/mol. The number of benzene rings is 2. The number of nitrogens with one attached hydrogen (secondary N) is 1. The topological polar surface area (TPSA) is 94.2 Å². The van der Waals surface area contributed by atoms with Crippen LogP contribution in [0.2, 0.25) is 0 Å². The molecule has 0 bridgehead atoms. The maximum absolute atomic E-state index is 12.9. The molecule has 0 radical (unpaired) electrons. The molecule has 0 aromatic heterocycles. The zero-order chi connectivity index (χ0) is 22.4. The number of carbonyl (C=O) groups is 1. The van der Waals surface area contributed by atoms with Crippen molar-refractivity contribution in [2.45, 2.75) is 24.7 Å². The fraction of sp³-hybridized carbons (Fsp3) is 0.409. The average Bonchev–Trinajstić information content (AvgIpc) is 2.98. The minimum absolute atomic E-state index is 0.0524. The number of amides is 1. The van der Waals surface area contributed by atoms with Gasteiger partial charge in [-0.05, 0) is 37.1 Å². The Morgan fingerprint density at radius 2 is 1.87 bits per heavy atom. The van der Waals surface area contributed by atoms with E-state index in [1.807, 2.05) is 25.1 Å². The Labute approximate surface area is 183 Å². The summed E-state index contributed by atoms with van der Waals surface area (Å²) in [5.74, 6) is 1.29. The van der Waals surface area contributed by atoms with E-state index in [0.717, 1.165) is 27.6 Å². The van der Waals surface area contributed by atoms with E-state index < -0.39 is 10.0 Å². The first-order valence-electron chi connectivity index (χ1n) is 10.1. The Morgan fingerprint density at radius 1 is 1.13 bits per heavy atom. The fourth-order valence-corrected chi connectivity index (χ4v) is 4.41. The van der Waals surface area contributed by atoms with Crippen molar-refractivity contribution < 1.29 is 27.4 Å². The summed E-state index contributed by atoms with van der Waals surface area (Å²) in [6.07, 6.45) is 1.31.